The van der Waals surface area contributed by atoms with Gasteiger partial charge in [0.2, 0.25) is 5.91 Å². The van der Waals surface area contributed by atoms with Crippen LogP contribution in [0.2, 0.25) is 0 Å². The number of fused-ring (bicyclic) bond motifs is 3. The number of amides is 1. The van der Waals surface area contributed by atoms with Crippen LogP contribution in [0.25, 0.3) is 32.6 Å². The lowest BCUT2D eigenvalue weighted by Gasteiger charge is -2.16. The zero-order valence-electron chi connectivity index (χ0n) is 16.0. The SMILES string of the molecule is O=C(Cn1c2ccccc2c(=O)c2ccccc21)Nc1ccc(O)c2ccccc12. The summed E-state index contributed by atoms with van der Waals surface area (Å²) in [6.07, 6.45) is 0. The first-order chi connectivity index (χ1) is 14.6. The Morgan fingerprint density at radius 3 is 1.90 bits per heavy atom. The van der Waals surface area contributed by atoms with Crippen LogP contribution in [0.1, 0.15) is 0 Å². The summed E-state index contributed by atoms with van der Waals surface area (Å²) < 4.78 is 1.87. The smallest absolute Gasteiger partial charge is 0.244 e. The van der Waals surface area contributed by atoms with E-state index in [1.807, 2.05) is 65.2 Å². The van der Waals surface area contributed by atoms with Gasteiger partial charge in [0.25, 0.3) is 0 Å². The number of phenolic OH excluding ortho intramolecular Hbond substituents is 1. The molecule has 0 aliphatic carbocycles. The number of pyridine rings is 1. The van der Waals surface area contributed by atoms with Crippen molar-refractivity contribution < 1.29 is 9.90 Å². The summed E-state index contributed by atoms with van der Waals surface area (Å²) in [6.45, 7) is 0.0521. The molecule has 5 heteroatoms. The molecule has 0 saturated heterocycles. The second-order valence-electron chi connectivity index (χ2n) is 7.18. The molecule has 0 unspecified atom stereocenters. The molecule has 4 aromatic carbocycles. The number of hydrogen-bond donors (Lipinski definition) is 2. The quantitative estimate of drug-likeness (QED) is 0.346. The van der Waals surface area contributed by atoms with Crippen molar-refractivity contribution in [1.82, 2.24) is 4.57 Å². The van der Waals surface area contributed by atoms with E-state index in [4.69, 9.17) is 0 Å². The minimum atomic E-state index is -0.218. The Kier molecular flexibility index (Phi) is 4.21. The number of nitrogens with zero attached hydrogens (tertiary/aromatic N) is 1. The molecule has 0 radical (unpaired) electrons. The molecule has 0 fully saturated rings. The van der Waals surface area contributed by atoms with Crippen LogP contribution >= 0.6 is 0 Å². The van der Waals surface area contributed by atoms with Crippen molar-refractivity contribution in [2.45, 2.75) is 6.54 Å². The highest BCUT2D eigenvalue weighted by Crippen LogP contribution is 2.30. The maximum absolute atomic E-state index is 13.0. The molecular formula is C25H18N2O3. The molecule has 5 rings (SSSR count). The van der Waals surface area contributed by atoms with Crippen molar-refractivity contribution in [3.8, 4) is 5.75 Å². The molecule has 30 heavy (non-hydrogen) atoms. The van der Waals surface area contributed by atoms with Gasteiger partial charge in [-0.2, -0.15) is 0 Å². The number of carbonyl (C=O) groups is 1. The van der Waals surface area contributed by atoms with Crippen LogP contribution in [0, 0.1) is 0 Å². The van der Waals surface area contributed by atoms with E-state index in [0.717, 1.165) is 5.39 Å². The molecule has 0 spiro atoms. The van der Waals surface area contributed by atoms with Crippen LogP contribution in [0.15, 0.2) is 89.7 Å². The van der Waals surface area contributed by atoms with Gasteiger partial charge in [-0.05, 0) is 36.4 Å². The Hall–Kier alpha value is -4.12. The van der Waals surface area contributed by atoms with E-state index >= 15 is 0 Å². The molecule has 0 bridgehead atoms. The van der Waals surface area contributed by atoms with Crippen LogP contribution < -0.4 is 10.7 Å². The molecule has 0 saturated carbocycles. The van der Waals surface area contributed by atoms with Crippen LogP contribution in [0.4, 0.5) is 5.69 Å². The molecule has 1 amide bonds. The predicted octanol–water partition coefficient (Wildman–Crippen LogP) is 4.65. The number of carbonyl (C=O) groups excluding carboxylic acids is 1. The second kappa shape index (κ2) is 7.04. The average molecular weight is 394 g/mol. The molecule has 1 heterocycles. The van der Waals surface area contributed by atoms with Gasteiger partial charge in [0, 0.05) is 27.2 Å². The number of phenols is 1. The number of anilines is 1. The van der Waals surface area contributed by atoms with Gasteiger partial charge in [-0.15, -0.1) is 0 Å². The summed E-state index contributed by atoms with van der Waals surface area (Å²) in [5.41, 5.74) is 2.02. The number of aromatic hydroxyl groups is 1. The van der Waals surface area contributed by atoms with Crippen molar-refractivity contribution in [2.75, 3.05) is 5.32 Å². The summed E-state index contributed by atoms with van der Waals surface area (Å²) in [4.78, 5) is 25.9. The van der Waals surface area contributed by atoms with Gasteiger partial charge in [0.1, 0.15) is 12.3 Å². The van der Waals surface area contributed by atoms with E-state index in [1.165, 1.54) is 0 Å². The van der Waals surface area contributed by atoms with Gasteiger partial charge in [-0.25, -0.2) is 0 Å². The van der Waals surface area contributed by atoms with Crippen molar-refractivity contribution in [2.24, 2.45) is 0 Å². The molecule has 5 aromatic rings. The third-order valence-corrected chi connectivity index (χ3v) is 5.36. The summed E-state index contributed by atoms with van der Waals surface area (Å²) in [6, 6.07) is 25.3. The molecular weight excluding hydrogens is 376 g/mol. The van der Waals surface area contributed by atoms with E-state index in [1.54, 1.807) is 24.3 Å². The summed E-state index contributed by atoms with van der Waals surface area (Å²) in [5, 5.41) is 15.6. The molecule has 0 aliphatic heterocycles. The fraction of sp³-hybridized carbons (Fsp3) is 0.0400. The van der Waals surface area contributed by atoms with Gasteiger partial charge < -0.3 is 15.0 Å². The van der Waals surface area contributed by atoms with E-state index in [2.05, 4.69) is 5.32 Å². The fourth-order valence-electron chi connectivity index (χ4n) is 3.97. The Morgan fingerprint density at radius 2 is 1.27 bits per heavy atom. The first kappa shape index (κ1) is 17.9. The maximum atomic E-state index is 13.0. The number of para-hydroxylation sites is 2. The van der Waals surface area contributed by atoms with Gasteiger partial charge in [-0.3, -0.25) is 9.59 Å². The molecule has 0 aliphatic rings. The van der Waals surface area contributed by atoms with Crippen LogP contribution in [-0.4, -0.2) is 15.6 Å². The number of benzene rings is 4. The zero-order valence-corrected chi connectivity index (χ0v) is 16.0. The summed E-state index contributed by atoms with van der Waals surface area (Å²) in [7, 11) is 0. The van der Waals surface area contributed by atoms with Gasteiger partial charge in [0.15, 0.2) is 5.43 Å². The van der Waals surface area contributed by atoms with E-state index < -0.39 is 0 Å². The Bertz CT molecular complexity index is 1440. The van der Waals surface area contributed by atoms with Crippen LogP contribution in [0.3, 0.4) is 0 Å². The molecule has 0 atom stereocenters. The molecule has 146 valence electrons. The second-order valence-corrected chi connectivity index (χ2v) is 7.18. The fourth-order valence-corrected chi connectivity index (χ4v) is 3.97. The third kappa shape index (κ3) is 2.88. The number of aromatic nitrogens is 1. The van der Waals surface area contributed by atoms with Gasteiger partial charge >= 0.3 is 0 Å². The highest BCUT2D eigenvalue weighted by Gasteiger charge is 2.14. The normalized spacial score (nSPS) is 11.2. The standard InChI is InChI=1S/C25H18N2O3/c28-23-14-13-20(16-7-1-2-8-17(16)23)26-24(29)15-27-21-11-5-3-9-18(21)25(30)19-10-4-6-12-22(19)27/h1-14,28H,15H2,(H,26,29). The molecule has 1 aromatic heterocycles. The van der Waals surface area contributed by atoms with Crippen molar-refractivity contribution in [3.63, 3.8) is 0 Å². The first-order valence-electron chi connectivity index (χ1n) is 9.64. The lowest BCUT2D eigenvalue weighted by molar-refractivity contribution is -0.116. The molecule has 5 nitrogen and oxygen atoms in total. The molecule has 2 N–H and O–H groups in total. The Labute approximate surface area is 171 Å². The summed E-state index contributed by atoms with van der Waals surface area (Å²) in [5.74, 6) is -0.0502. The van der Waals surface area contributed by atoms with E-state index in [9.17, 15) is 14.7 Å². The number of nitrogens with one attached hydrogen (secondary N) is 1. The van der Waals surface area contributed by atoms with Gasteiger partial charge in [-0.1, -0.05) is 48.5 Å². The highest BCUT2D eigenvalue weighted by molar-refractivity contribution is 6.05. The maximum Gasteiger partial charge on any atom is 0.244 e. The topological polar surface area (TPSA) is 71.3 Å². The van der Waals surface area contributed by atoms with Crippen LogP contribution in [-0.2, 0) is 11.3 Å². The average Bonchev–Trinajstić information content (AvgIpc) is 2.79. The Morgan fingerprint density at radius 1 is 0.733 bits per heavy atom. The lowest BCUT2D eigenvalue weighted by Crippen LogP contribution is -2.21. The first-order valence-corrected chi connectivity index (χ1v) is 9.64. The van der Waals surface area contributed by atoms with Crippen molar-refractivity contribution in [1.29, 1.82) is 0 Å². The third-order valence-electron chi connectivity index (χ3n) is 5.36. The number of rotatable bonds is 3. The predicted molar refractivity (Wildman–Crippen MR) is 120 cm³/mol. The largest absolute Gasteiger partial charge is 0.507 e. The summed E-state index contributed by atoms with van der Waals surface area (Å²) >= 11 is 0. The van der Waals surface area contributed by atoms with Crippen LogP contribution in [0.5, 0.6) is 5.75 Å². The van der Waals surface area contributed by atoms with Crippen molar-refractivity contribution >= 4 is 44.2 Å². The number of hydrogen-bond acceptors (Lipinski definition) is 3. The van der Waals surface area contributed by atoms with E-state index in [-0.39, 0.29) is 23.6 Å². The lowest BCUT2D eigenvalue weighted by atomic mass is 10.1. The monoisotopic (exact) mass is 394 g/mol. The highest BCUT2D eigenvalue weighted by atomic mass is 16.3. The minimum Gasteiger partial charge on any atom is -0.507 e. The van der Waals surface area contributed by atoms with Gasteiger partial charge in [0.05, 0.1) is 11.0 Å². The van der Waals surface area contributed by atoms with E-state index in [0.29, 0.717) is 32.9 Å². The zero-order chi connectivity index (χ0) is 20.7. The van der Waals surface area contributed by atoms with Crippen molar-refractivity contribution in [3.05, 3.63) is 95.2 Å². The Balaban J connectivity index is 1.60. The minimum absolute atomic E-state index is 0.0395.